The number of nitrogens with two attached hydrogens (primary N) is 1. The smallest absolute Gasteiger partial charge is 0.193 e. The van der Waals surface area contributed by atoms with Crippen LogP contribution in [0.15, 0.2) is 77.9 Å². The lowest BCUT2D eigenvalue weighted by atomic mass is 10.2. The first kappa shape index (κ1) is 23.5. The van der Waals surface area contributed by atoms with Crippen LogP contribution in [-0.2, 0) is 13.2 Å². The summed E-state index contributed by atoms with van der Waals surface area (Å²) in [6.07, 6.45) is 1.90. The van der Waals surface area contributed by atoms with Gasteiger partial charge in [-0.25, -0.2) is 4.99 Å². The van der Waals surface area contributed by atoms with Crippen LogP contribution in [0, 0.1) is 0 Å². The standard InChI is InChI=1S/C23H26N4O2.HI/c1-17(2)29-22-12-8-19(9-13-22)27-23(24)26-15-18-6-10-21(11-7-18)28-16-20-5-3-4-14-25-20;/h3-14,17H,15-16H2,1-2H3,(H3,24,26,27);1H. The van der Waals surface area contributed by atoms with E-state index in [1.165, 1.54) is 0 Å². The molecule has 0 atom stereocenters. The molecule has 1 aromatic heterocycles. The van der Waals surface area contributed by atoms with Crippen LogP contribution < -0.4 is 20.5 Å². The summed E-state index contributed by atoms with van der Waals surface area (Å²) in [5.41, 5.74) is 8.79. The largest absolute Gasteiger partial charge is 0.491 e. The Morgan fingerprint density at radius 2 is 1.70 bits per heavy atom. The maximum Gasteiger partial charge on any atom is 0.193 e. The Morgan fingerprint density at radius 1 is 1.00 bits per heavy atom. The van der Waals surface area contributed by atoms with Gasteiger partial charge in [-0.1, -0.05) is 18.2 Å². The van der Waals surface area contributed by atoms with Gasteiger partial charge in [0.15, 0.2) is 5.96 Å². The fraction of sp³-hybridized carbons (Fsp3) is 0.217. The normalized spacial score (nSPS) is 11.0. The number of nitrogens with zero attached hydrogens (tertiary/aromatic N) is 2. The fourth-order valence-electron chi connectivity index (χ4n) is 2.58. The molecule has 3 N–H and O–H groups in total. The van der Waals surface area contributed by atoms with E-state index in [9.17, 15) is 0 Å². The van der Waals surface area contributed by atoms with Crippen LogP contribution in [0.25, 0.3) is 0 Å². The highest BCUT2D eigenvalue weighted by molar-refractivity contribution is 14.0. The van der Waals surface area contributed by atoms with Crippen LogP contribution in [0.5, 0.6) is 11.5 Å². The van der Waals surface area contributed by atoms with E-state index in [-0.39, 0.29) is 30.1 Å². The molecule has 0 aliphatic rings. The van der Waals surface area contributed by atoms with Crippen molar-refractivity contribution in [2.24, 2.45) is 10.7 Å². The molecule has 0 aliphatic heterocycles. The highest BCUT2D eigenvalue weighted by Crippen LogP contribution is 2.17. The molecule has 2 aromatic carbocycles. The molecular formula is C23H27IN4O2. The van der Waals surface area contributed by atoms with Gasteiger partial charge < -0.3 is 20.5 Å². The molecule has 0 saturated heterocycles. The molecule has 30 heavy (non-hydrogen) atoms. The second-order valence-corrected chi connectivity index (χ2v) is 6.77. The SMILES string of the molecule is CC(C)Oc1ccc(NC(N)=NCc2ccc(OCc3ccccn3)cc2)cc1.I. The molecule has 1 heterocycles. The summed E-state index contributed by atoms with van der Waals surface area (Å²) in [4.78, 5) is 8.63. The average Bonchev–Trinajstić information content (AvgIpc) is 2.73. The number of pyridine rings is 1. The summed E-state index contributed by atoms with van der Waals surface area (Å²) >= 11 is 0. The van der Waals surface area contributed by atoms with Crippen LogP contribution in [0.4, 0.5) is 5.69 Å². The zero-order valence-corrected chi connectivity index (χ0v) is 19.4. The lowest BCUT2D eigenvalue weighted by molar-refractivity contribution is 0.242. The van der Waals surface area contributed by atoms with Crippen molar-refractivity contribution in [1.29, 1.82) is 0 Å². The molecule has 3 aromatic rings. The van der Waals surface area contributed by atoms with Crippen LogP contribution in [0.2, 0.25) is 0 Å². The molecule has 0 radical (unpaired) electrons. The van der Waals surface area contributed by atoms with Gasteiger partial charge in [0.1, 0.15) is 18.1 Å². The van der Waals surface area contributed by atoms with Crippen molar-refractivity contribution in [3.05, 3.63) is 84.2 Å². The summed E-state index contributed by atoms with van der Waals surface area (Å²) in [5, 5.41) is 3.08. The van der Waals surface area contributed by atoms with E-state index < -0.39 is 0 Å². The quantitative estimate of drug-likeness (QED) is 0.250. The Balaban J connectivity index is 0.00000320. The molecule has 0 bridgehead atoms. The third kappa shape index (κ3) is 7.90. The molecule has 0 amide bonds. The van der Waals surface area contributed by atoms with Crippen molar-refractivity contribution < 1.29 is 9.47 Å². The Bertz CT molecular complexity index is 914. The number of halogens is 1. The van der Waals surface area contributed by atoms with Crippen molar-refractivity contribution in [2.45, 2.75) is 33.1 Å². The maximum absolute atomic E-state index is 5.99. The zero-order chi connectivity index (χ0) is 20.5. The molecule has 0 fully saturated rings. The van der Waals surface area contributed by atoms with Gasteiger partial charge in [-0.05, 0) is 67.9 Å². The predicted molar refractivity (Wildman–Crippen MR) is 132 cm³/mol. The number of hydrogen-bond acceptors (Lipinski definition) is 4. The van der Waals surface area contributed by atoms with Crippen molar-refractivity contribution in [1.82, 2.24) is 4.98 Å². The van der Waals surface area contributed by atoms with E-state index in [1.807, 2.05) is 80.6 Å². The molecule has 0 saturated carbocycles. The summed E-state index contributed by atoms with van der Waals surface area (Å²) in [6, 6.07) is 21.2. The molecule has 3 rings (SSSR count). The molecule has 0 unspecified atom stereocenters. The number of rotatable bonds is 8. The van der Waals surface area contributed by atoms with Gasteiger partial charge in [0, 0.05) is 11.9 Å². The van der Waals surface area contributed by atoms with Gasteiger partial charge >= 0.3 is 0 Å². The lowest BCUT2D eigenvalue weighted by Gasteiger charge is -2.11. The summed E-state index contributed by atoms with van der Waals surface area (Å²) in [5.74, 6) is 1.97. The molecule has 0 aliphatic carbocycles. The molecule has 0 spiro atoms. The minimum absolute atomic E-state index is 0. The Morgan fingerprint density at radius 3 is 2.33 bits per heavy atom. The van der Waals surface area contributed by atoms with E-state index in [1.54, 1.807) is 6.20 Å². The van der Waals surface area contributed by atoms with E-state index in [0.29, 0.717) is 19.1 Å². The minimum Gasteiger partial charge on any atom is -0.491 e. The van der Waals surface area contributed by atoms with Crippen molar-refractivity contribution in [3.63, 3.8) is 0 Å². The minimum atomic E-state index is 0. The number of benzene rings is 2. The number of ether oxygens (including phenoxy) is 2. The highest BCUT2D eigenvalue weighted by atomic mass is 127. The topological polar surface area (TPSA) is 81.8 Å². The number of hydrogen-bond donors (Lipinski definition) is 2. The third-order valence-corrected chi connectivity index (χ3v) is 3.97. The van der Waals surface area contributed by atoms with E-state index >= 15 is 0 Å². The first-order valence-electron chi connectivity index (χ1n) is 9.54. The predicted octanol–water partition coefficient (Wildman–Crippen LogP) is 4.99. The van der Waals surface area contributed by atoms with E-state index in [0.717, 1.165) is 28.4 Å². The van der Waals surface area contributed by atoms with Gasteiger partial charge in [-0.15, -0.1) is 24.0 Å². The Hall–Kier alpha value is -2.81. The first-order chi connectivity index (χ1) is 14.1. The van der Waals surface area contributed by atoms with Crippen LogP contribution in [0.3, 0.4) is 0 Å². The maximum atomic E-state index is 5.99. The fourth-order valence-corrected chi connectivity index (χ4v) is 2.58. The molecule has 6 nitrogen and oxygen atoms in total. The number of guanidine groups is 1. The Labute approximate surface area is 194 Å². The highest BCUT2D eigenvalue weighted by Gasteiger charge is 2.01. The second kappa shape index (κ2) is 12.0. The van der Waals surface area contributed by atoms with E-state index in [4.69, 9.17) is 15.2 Å². The van der Waals surface area contributed by atoms with Gasteiger partial charge in [0.25, 0.3) is 0 Å². The van der Waals surface area contributed by atoms with Crippen LogP contribution >= 0.6 is 24.0 Å². The van der Waals surface area contributed by atoms with Gasteiger partial charge in [-0.2, -0.15) is 0 Å². The van der Waals surface area contributed by atoms with Crippen molar-refractivity contribution in [3.8, 4) is 11.5 Å². The van der Waals surface area contributed by atoms with Crippen LogP contribution in [-0.4, -0.2) is 17.0 Å². The summed E-state index contributed by atoms with van der Waals surface area (Å²) < 4.78 is 11.4. The summed E-state index contributed by atoms with van der Waals surface area (Å²) in [7, 11) is 0. The first-order valence-corrected chi connectivity index (χ1v) is 9.54. The second-order valence-electron chi connectivity index (χ2n) is 6.77. The summed E-state index contributed by atoms with van der Waals surface area (Å²) in [6.45, 7) is 4.91. The van der Waals surface area contributed by atoms with Gasteiger partial charge in [-0.3, -0.25) is 4.98 Å². The molecular weight excluding hydrogens is 491 g/mol. The molecule has 7 heteroatoms. The lowest BCUT2D eigenvalue weighted by Crippen LogP contribution is -2.22. The van der Waals surface area contributed by atoms with Crippen molar-refractivity contribution in [2.75, 3.05) is 5.32 Å². The van der Waals surface area contributed by atoms with E-state index in [2.05, 4.69) is 15.3 Å². The van der Waals surface area contributed by atoms with Gasteiger partial charge in [0.05, 0.1) is 18.3 Å². The number of aromatic nitrogens is 1. The Kier molecular flexibility index (Phi) is 9.40. The van der Waals surface area contributed by atoms with Crippen molar-refractivity contribution >= 4 is 35.6 Å². The number of nitrogens with one attached hydrogen (secondary N) is 1. The number of aliphatic imine (C=N–C) groups is 1. The van der Waals surface area contributed by atoms with Crippen LogP contribution in [0.1, 0.15) is 25.1 Å². The number of anilines is 1. The zero-order valence-electron chi connectivity index (χ0n) is 17.1. The monoisotopic (exact) mass is 518 g/mol. The average molecular weight is 518 g/mol. The van der Waals surface area contributed by atoms with Gasteiger partial charge in [0.2, 0.25) is 0 Å². The third-order valence-electron chi connectivity index (χ3n) is 3.97. The molecule has 158 valence electrons.